The highest BCUT2D eigenvalue weighted by Gasteiger charge is 2.32. The standard InChI is InChI=1S/C11H20N2O3/c1-11(2,10(15)16-3)8-12-4-6-13(9-14)7-5-12/h9H,4-8H2,1-3H3. The minimum atomic E-state index is -0.488. The summed E-state index contributed by atoms with van der Waals surface area (Å²) in [7, 11) is 1.41. The number of nitrogens with zero attached hydrogens (tertiary/aromatic N) is 2. The summed E-state index contributed by atoms with van der Waals surface area (Å²) in [6.45, 7) is 7.54. The summed E-state index contributed by atoms with van der Waals surface area (Å²) in [6, 6.07) is 0. The minimum Gasteiger partial charge on any atom is -0.469 e. The van der Waals surface area contributed by atoms with Gasteiger partial charge in [0.25, 0.3) is 0 Å². The number of rotatable bonds is 4. The Morgan fingerprint density at radius 2 is 1.88 bits per heavy atom. The van der Waals surface area contributed by atoms with Gasteiger partial charge in [0.15, 0.2) is 0 Å². The van der Waals surface area contributed by atoms with Gasteiger partial charge in [0.2, 0.25) is 6.41 Å². The Balaban J connectivity index is 2.44. The maximum Gasteiger partial charge on any atom is 0.312 e. The van der Waals surface area contributed by atoms with Gasteiger partial charge in [-0.2, -0.15) is 0 Å². The molecule has 1 heterocycles. The van der Waals surface area contributed by atoms with Crippen LogP contribution in [0.15, 0.2) is 0 Å². The molecule has 5 nitrogen and oxygen atoms in total. The number of hydrogen-bond acceptors (Lipinski definition) is 4. The van der Waals surface area contributed by atoms with Gasteiger partial charge >= 0.3 is 5.97 Å². The fourth-order valence-electron chi connectivity index (χ4n) is 1.93. The molecule has 16 heavy (non-hydrogen) atoms. The second-order valence-electron chi connectivity index (χ2n) is 4.79. The van der Waals surface area contributed by atoms with Crippen LogP contribution in [-0.4, -0.2) is 62.0 Å². The highest BCUT2D eigenvalue weighted by atomic mass is 16.5. The fraction of sp³-hybridized carbons (Fsp3) is 0.818. The topological polar surface area (TPSA) is 49.9 Å². The maximum atomic E-state index is 11.5. The lowest BCUT2D eigenvalue weighted by Gasteiger charge is -2.36. The number of ether oxygens (including phenoxy) is 1. The second-order valence-corrected chi connectivity index (χ2v) is 4.79. The summed E-state index contributed by atoms with van der Waals surface area (Å²) in [6.07, 6.45) is 0.878. The molecule has 0 aromatic heterocycles. The van der Waals surface area contributed by atoms with E-state index in [1.54, 1.807) is 4.90 Å². The number of carbonyl (C=O) groups is 2. The Morgan fingerprint density at radius 1 is 1.31 bits per heavy atom. The summed E-state index contributed by atoms with van der Waals surface area (Å²) in [5, 5.41) is 0. The van der Waals surface area contributed by atoms with E-state index in [2.05, 4.69) is 4.90 Å². The molecule has 0 atom stereocenters. The van der Waals surface area contributed by atoms with E-state index in [0.717, 1.165) is 32.6 Å². The second kappa shape index (κ2) is 5.30. The average molecular weight is 228 g/mol. The first-order valence-corrected chi connectivity index (χ1v) is 5.50. The van der Waals surface area contributed by atoms with Gasteiger partial charge in [0.05, 0.1) is 12.5 Å². The predicted octanol–water partition coefficient (Wildman–Crippen LogP) is -0.0404. The molecule has 0 aliphatic carbocycles. The highest BCUT2D eigenvalue weighted by molar-refractivity contribution is 5.76. The predicted molar refractivity (Wildman–Crippen MR) is 59.9 cm³/mol. The molecule has 1 amide bonds. The SMILES string of the molecule is COC(=O)C(C)(C)CN1CCN(C=O)CC1. The van der Waals surface area contributed by atoms with Crippen molar-refractivity contribution in [3.05, 3.63) is 0 Å². The van der Waals surface area contributed by atoms with E-state index in [1.807, 2.05) is 13.8 Å². The number of methoxy groups -OCH3 is 1. The van der Waals surface area contributed by atoms with E-state index in [0.29, 0.717) is 6.54 Å². The molecule has 1 rings (SSSR count). The Kier molecular flexibility index (Phi) is 4.29. The first kappa shape index (κ1) is 13.0. The first-order valence-electron chi connectivity index (χ1n) is 5.50. The Hall–Kier alpha value is -1.10. The number of hydrogen-bond donors (Lipinski definition) is 0. The molecular formula is C11H20N2O3. The van der Waals surface area contributed by atoms with Crippen molar-refractivity contribution in [2.75, 3.05) is 39.8 Å². The zero-order chi connectivity index (χ0) is 12.2. The third-order valence-corrected chi connectivity index (χ3v) is 2.91. The van der Waals surface area contributed by atoms with Crippen LogP contribution < -0.4 is 0 Å². The molecule has 0 spiro atoms. The van der Waals surface area contributed by atoms with Crippen LogP contribution in [0.3, 0.4) is 0 Å². The normalized spacial score (nSPS) is 18.3. The van der Waals surface area contributed by atoms with Crippen LogP contribution in [0, 0.1) is 5.41 Å². The summed E-state index contributed by atoms with van der Waals surface area (Å²) >= 11 is 0. The van der Waals surface area contributed by atoms with Gasteiger partial charge in [0.1, 0.15) is 0 Å². The zero-order valence-electron chi connectivity index (χ0n) is 10.2. The molecule has 0 N–H and O–H groups in total. The molecule has 0 bridgehead atoms. The molecule has 0 radical (unpaired) electrons. The van der Waals surface area contributed by atoms with Crippen molar-refractivity contribution < 1.29 is 14.3 Å². The minimum absolute atomic E-state index is 0.190. The van der Waals surface area contributed by atoms with Gasteiger partial charge in [-0.05, 0) is 13.8 Å². The van der Waals surface area contributed by atoms with Crippen LogP contribution >= 0.6 is 0 Å². The molecule has 1 fully saturated rings. The number of esters is 1. The van der Waals surface area contributed by atoms with E-state index in [1.165, 1.54) is 7.11 Å². The lowest BCUT2D eigenvalue weighted by atomic mass is 9.92. The summed E-state index contributed by atoms with van der Waals surface area (Å²) in [5.74, 6) is -0.190. The summed E-state index contributed by atoms with van der Waals surface area (Å²) in [5.41, 5.74) is -0.488. The van der Waals surface area contributed by atoms with E-state index in [-0.39, 0.29) is 5.97 Å². The van der Waals surface area contributed by atoms with Crippen molar-refractivity contribution in [1.29, 1.82) is 0 Å². The molecule has 0 unspecified atom stereocenters. The van der Waals surface area contributed by atoms with Crippen LogP contribution in [-0.2, 0) is 14.3 Å². The molecule has 1 aliphatic rings. The molecule has 1 saturated heterocycles. The lowest BCUT2D eigenvalue weighted by molar-refractivity contribution is -0.152. The Bertz CT molecular complexity index is 258. The monoisotopic (exact) mass is 228 g/mol. The van der Waals surface area contributed by atoms with E-state index in [9.17, 15) is 9.59 Å². The average Bonchev–Trinajstić information content (AvgIpc) is 2.28. The van der Waals surface area contributed by atoms with Crippen LogP contribution in [0.4, 0.5) is 0 Å². The summed E-state index contributed by atoms with van der Waals surface area (Å²) < 4.78 is 4.77. The van der Waals surface area contributed by atoms with Crippen molar-refractivity contribution in [3.8, 4) is 0 Å². The van der Waals surface area contributed by atoms with Gasteiger partial charge in [-0.1, -0.05) is 0 Å². The van der Waals surface area contributed by atoms with Crippen molar-refractivity contribution in [3.63, 3.8) is 0 Å². The highest BCUT2D eigenvalue weighted by Crippen LogP contribution is 2.19. The lowest BCUT2D eigenvalue weighted by Crippen LogP contribution is -2.50. The molecule has 0 aromatic carbocycles. The van der Waals surface area contributed by atoms with Gasteiger partial charge in [-0.15, -0.1) is 0 Å². The van der Waals surface area contributed by atoms with Gasteiger partial charge in [-0.3, -0.25) is 14.5 Å². The largest absolute Gasteiger partial charge is 0.469 e. The third kappa shape index (κ3) is 3.20. The number of amides is 1. The van der Waals surface area contributed by atoms with Crippen LogP contribution in [0.1, 0.15) is 13.8 Å². The summed E-state index contributed by atoms with van der Waals surface area (Å²) in [4.78, 5) is 26.0. The maximum absolute atomic E-state index is 11.5. The van der Waals surface area contributed by atoms with Gasteiger partial charge < -0.3 is 9.64 Å². The fourth-order valence-corrected chi connectivity index (χ4v) is 1.93. The van der Waals surface area contributed by atoms with Gasteiger partial charge in [-0.25, -0.2) is 0 Å². The van der Waals surface area contributed by atoms with Crippen molar-refractivity contribution in [2.24, 2.45) is 5.41 Å². The van der Waals surface area contributed by atoms with Crippen LogP contribution in [0.2, 0.25) is 0 Å². The Labute approximate surface area is 96.3 Å². The molecule has 1 aliphatic heterocycles. The van der Waals surface area contributed by atoms with E-state index >= 15 is 0 Å². The Morgan fingerprint density at radius 3 is 2.31 bits per heavy atom. The third-order valence-electron chi connectivity index (χ3n) is 2.91. The van der Waals surface area contributed by atoms with Gasteiger partial charge in [0, 0.05) is 32.7 Å². The van der Waals surface area contributed by atoms with E-state index in [4.69, 9.17) is 4.74 Å². The number of carbonyl (C=O) groups excluding carboxylic acids is 2. The smallest absolute Gasteiger partial charge is 0.312 e. The molecule has 0 aromatic rings. The van der Waals surface area contributed by atoms with Crippen molar-refractivity contribution in [2.45, 2.75) is 13.8 Å². The molecular weight excluding hydrogens is 208 g/mol. The molecule has 5 heteroatoms. The molecule has 0 saturated carbocycles. The zero-order valence-corrected chi connectivity index (χ0v) is 10.2. The van der Waals surface area contributed by atoms with E-state index < -0.39 is 5.41 Å². The van der Waals surface area contributed by atoms with Crippen molar-refractivity contribution in [1.82, 2.24) is 9.80 Å². The van der Waals surface area contributed by atoms with Crippen LogP contribution in [0.5, 0.6) is 0 Å². The molecule has 92 valence electrons. The quantitative estimate of drug-likeness (QED) is 0.500. The first-order chi connectivity index (χ1) is 7.49. The van der Waals surface area contributed by atoms with Crippen molar-refractivity contribution >= 4 is 12.4 Å². The number of piperazine rings is 1. The van der Waals surface area contributed by atoms with Crippen LogP contribution in [0.25, 0.3) is 0 Å².